The van der Waals surface area contributed by atoms with E-state index in [2.05, 4.69) is 15.8 Å². The average molecular weight is 317 g/mol. The molecule has 0 radical (unpaired) electrons. The van der Waals surface area contributed by atoms with Crippen molar-refractivity contribution in [2.24, 2.45) is 5.10 Å². The van der Waals surface area contributed by atoms with Gasteiger partial charge in [-0.3, -0.25) is 9.59 Å². The molecule has 1 atom stereocenters. The Morgan fingerprint density at radius 1 is 1.30 bits per heavy atom. The van der Waals surface area contributed by atoms with Gasteiger partial charge in [0.1, 0.15) is 5.71 Å². The zero-order valence-corrected chi connectivity index (χ0v) is 13.3. The van der Waals surface area contributed by atoms with Gasteiger partial charge in [0, 0.05) is 18.5 Å². The van der Waals surface area contributed by atoms with E-state index in [1.165, 1.54) is 6.92 Å². The number of benzene rings is 1. The third kappa shape index (κ3) is 4.38. The number of aryl methyl sites for hydroxylation is 2. The van der Waals surface area contributed by atoms with Crippen molar-refractivity contribution in [3.05, 3.63) is 29.3 Å². The second kappa shape index (κ2) is 7.04. The number of hydrogen-bond acceptors (Lipinski definition) is 5. The maximum absolute atomic E-state index is 12.1. The molecular weight excluding hydrogens is 298 g/mol. The molecule has 2 rings (SSSR count). The van der Waals surface area contributed by atoms with Crippen LogP contribution in [0.1, 0.15) is 30.9 Å². The van der Waals surface area contributed by atoms with Crippen LogP contribution in [0.25, 0.3) is 0 Å². The summed E-state index contributed by atoms with van der Waals surface area (Å²) in [4.78, 5) is 35.0. The van der Waals surface area contributed by atoms with Gasteiger partial charge in [0.05, 0.1) is 0 Å². The summed E-state index contributed by atoms with van der Waals surface area (Å²) in [5, 5.41) is 6.38. The Balaban J connectivity index is 1.96. The third-order valence-corrected chi connectivity index (χ3v) is 3.44. The molecule has 0 aromatic heterocycles. The minimum absolute atomic E-state index is 0.107. The molecule has 0 bridgehead atoms. The molecule has 2 N–H and O–H groups in total. The molecule has 0 saturated carbocycles. The summed E-state index contributed by atoms with van der Waals surface area (Å²) in [5.74, 6) is -1.37. The van der Waals surface area contributed by atoms with Gasteiger partial charge in [-0.2, -0.15) is 5.10 Å². The van der Waals surface area contributed by atoms with Crippen LogP contribution in [0.2, 0.25) is 0 Å². The highest BCUT2D eigenvalue weighted by atomic mass is 16.5. The Kier molecular flexibility index (Phi) is 5.10. The highest BCUT2D eigenvalue weighted by Crippen LogP contribution is 2.17. The summed E-state index contributed by atoms with van der Waals surface area (Å²) in [6.07, 6.45) is -0.588. The number of ether oxygens (including phenoxy) is 1. The lowest BCUT2D eigenvalue weighted by Crippen LogP contribution is -2.35. The topological polar surface area (TPSA) is 96.9 Å². The molecule has 7 heteroatoms. The van der Waals surface area contributed by atoms with E-state index in [1.54, 1.807) is 0 Å². The third-order valence-electron chi connectivity index (χ3n) is 3.44. The Morgan fingerprint density at radius 2 is 2.04 bits per heavy atom. The van der Waals surface area contributed by atoms with Gasteiger partial charge < -0.3 is 10.1 Å². The number of carbonyl (C=O) groups is 3. The summed E-state index contributed by atoms with van der Waals surface area (Å²) in [7, 11) is 0. The lowest BCUT2D eigenvalue weighted by Gasteiger charge is -2.16. The van der Waals surface area contributed by atoms with E-state index >= 15 is 0 Å². The van der Waals surface area contributed by atoms with Crippen LogP contribution in [0.5, 0.6) is 0 Å². The molecule has 0 spiro atoms. The molecule has 0 unspecified atom stereocenters. The van der Waals surface area contributed by atoms with Crippen molar-refractivity contribution < 1.29 is 19.1 Å². The highest BCUT2D eigenvalue weighted by molar-refractivity contribution is 6.37. The van der Waals surface area contributed by atoms with Gasteiger partial charge in [0.15, 0.2) is 6.10 Å². The minimum atomic E-state index is -0.970. The normalized spacial score (nSPS) is 15.3. The number of esters is 1. The molecule has 0 saturated heterocycles. The molecule has 0 aliphatic carbocycles. The Bertz CT molecular complexity index is 682. The van der Waals surface area contributed by atoms with Crippen LogP contribution >= 0.6 is 0 Å². The van der Waals surface area contributed by atoms with Crippen molar-refractivity contribution in [3.8, 4) is 0 Å². The molecule has 2 amide bonds. The van der Waals surface area contributed by atoms with Gasteiger partial charge in [-0.05, 0) is 38.0 Å². The maximum Gasteiger partial charge on any atom is 0.355 e. The van der Waals surface area contributed by atoms with Crippen molar-refractivity contribution >= 4 is 29.2 Å². The second-order valence-electron chi connectivity index (χ2n) is 5.45. The van der Waals surface area contributed by atoms with Gasteiger partial charge in [0.2, 0.25) is 5.91 Å². The number of amides is 2. The van der Waals surface area contributed by atoms with Crippen LogP contribution in [0.4, 0.5) is 5.69 Å². The van der Waals surface area contributed by atoms with Crippen molar-refractivity contribution in [2.45, 2.75) is 39.7 Å². The fourth-order valence-corrected chi connectivity index (χ4v) is 2.01. The summed E-state index contributed by atoms with van der Waals surface area (Å²) in [6.45, 7) is 5.29. The first-order chi connectivity index (χ1) is 10.9. The van der Waals surface area contributed by atoms with E-state index in [0.717, 1.165) is 11.1 Å². The summed E-state index contributed by atoms with van der Waals surface area (Å²) in [5.41, 5.74) is 4.94. The number of hydrazone groups is 1. The smallest absolute Gasteiger partial charge is 0.355 e. The quantitative estimate of drug-likeness (QED) is 0.821. The second-order valence-corrected chi connectivity index (χ2v) is 5.45. The molecule has 1 aliphatic rings. The lowest BCUT2D eigenvalue weighted by molar-refractivity contribution is -0.146. The number of anilines is 1. The van der Waals surface area contributed by atoms with Gasteiger partial charge in [-0.25, -0.2) is 10.2 Å². The largest absolute Gasteiger partial charge is 0.448 e. The number of hydrogen-bond donors (Lipinski definition) is 2. The van der Waals surface area contributed by atoms with E-state index < -0.39 is 18.0 Å². The fourth-order valence-electron chi connectivity index (χ4n) is 2.01. The first kappa shape index (κ1) is 16.7. The average Bonchev–Trinajstić information content (AvgIpc) is 2.51. The Labute approximate surface area is 134 Å². The number of nitrogens with one attached hydrogen (secondary N) is 2. The lowest BCUT2D eigenvalue weighted by atomic mass is 10.1. The van der Waals surface area contributed by atoms with Crippen LogP contribution < -0.4 is 10.7 Å². The van der Waals surface area contributed by atoms with E-state index in [4.69, 9.17) is 4.74 Å². The fraction of sp³-hybridized carbons (Fsp3) is 0.375. The van der Waals surface area contributed by atoms with E-state index in [0.29, 0.717) is 5.69 Å². The van der Waals surface area contributed by atoms with E-state index in [-0.39, 0.29) is 24.5 Å². The molecule has 7 nitrogen and oxygen atoms in total. The zero-order valence-electron chi connectivity index (χ0n) is 13.3. The molecule has 23 heavy (non-hydrogen) atoms. The van der Waals surface area contributed by atoms with Crippen LogP contribution in [0.3, 0.4) is 0 Å². The molecule has 0 fully saturated rings. The molecular formula is C16H19N3O4. The molecule has 1 aliphatic heterocycles. The summed E-state index contributed by atoms with van der Waals surface area (Å²) >= 11 is 0. The van der Waals surface area contributed by atoms with Gasteiger partial charge in [0.25, 0.3) is 5.91 Å². The predicted octanol–water partition coefficient (Wildman–Crippen LogP) is 1.44. The van der Waals surface area contributed by atoms with Crippen molar-refractivity contribution in [2.75, 3.05) is 5.32 Å². The molecule has 122 valence electrons. The van der Waals surface area contributed by atoms with Gasteiger partial charge in [-0.15, -0.1) is 0 Å². The molecule has 1 heterocycles. The number of carbonyl (C=O) groups excluding carboxylic acids is 3. The van der Waals surface area contributed by atoms with Crippen molar-refractivity contribution in [3.63, 3.8) is 0 Å². The van der Waals surface area contributed by atoms with Crippen molar-refractivity contribution in [1.82, 2.24) is 5.43 Å². The Morgan fingerprint density at radius 3 is 2.70 bits per heavy atom. The summed E-state index contributed by atoms with van der Waals surface area (Å²) < 4.78 is 5.10. The van der Waals surface area contributed by atoms with Crippen LogP contribution in [0, 0.1) is 13.8 Å². The Hall–Kier alpha value is -2.70. The van der Waals surface area contributed by atoms with Crippen LogP contribution in [-0.4, -0.2) is 29.6 Å². The number of rotatable bonds is 4. The zero-order chi connectivity index (χ0) is 17.0. The number of nitrogens with zero attached hydrogens (tertiary/aromatic N) is 1. The first-order valence-corrected chi connectivity index (χ1v) is 7.31. The predicted molar refractivity (Wildman–Crippen MR) is 84.9 cm³/mol. The van der Waals surface area contributed by atoms with Crippen LogP contribution in [-0.2, 0) is 19.1 Å². The van der Waals surface area contributed by atoms with Crippen LogP contribution in [0.15, 0.2) is 23.3 Å². The highest BCUT2D eigenvalue weighted by Gasteiger charge is 2.24. The molecule has 1 aromatic carbocycles. The standard InChI is InChI=1S/C16H19N3O4/c1-9-4-5-10(2)13(8-9)17-15(21)11(3)23-16(22)12-6-7-14(20)19-18-12/h4-5,8,11H,6-7H2,1-3H3,(H,17,21)(H,19,20)/t11-/m0/s1. The summed E-state index contributed by atoms with van der Waals surface area (Å²) in [6, 6.07) is 5.70. The van der Waals surface area contributed by atoms with E-state index in [9.17, 15) is 14.4 Å². The SMILES string of the molecule is Cc1ccc(C)c(NC(=O)[C@H](C)OC(=O)C2=NNC(=O)CC2)c1. The van der Waals surface area contributed by atoms with E-state index in [1.807, 2.05) is 32.0 Å². The monoisotopic (exact) mass is 317 g/mol. The van der Waals surface area contributed by atoms with Crippen molar-refractivity contribution in [1.29, 1.82) is 0 Å². The van der Waals surface area contributed by atoms with Gasteiger partial charge >= 0.3 is 5.97 Å². The minimum Gasteiger partial charge on any atom is -0.448 e. The molecule has 1 aromatic rings. The van der Waals surface area contributed by atoms with Gasteiger partial charge in [-0.1, -0.05) is 12.1 Å². The maximum atomic E-state index is 12.1. The first-order valence-electron chi connectivity index (χ1n) is 7.31.